The van der Waals surface area contributed by atoms with E-state index in [-0.39, 0.29) is 24.0 Å². The molecule has 2 N–H and O–H groups in total. The van der Waals surface area contributed by atoms with E-state index in [4.69, 9.17) is 11.6 Å². The molecule has 9 heteroatoms. The van der Waals surface area contributed by atoms with Crippen molar-refractivity contribution in [3.05, 3.63) is 59.1 Å². The number of nitrogens with one attached hydrogen (secondary N) is 2. The molecule has 30 heavy (non-hydrogen) atoms. The average Bonchev–Trinajstić information content (AvgIpc) is 2.85. The first-order chi connectivity index (χ1) is 14.2. The van der Waals surface area contributed by atoms with E-state index in [0.717, 1.165) is 5.56 Å². The summed E-state index contributed by atoms with van der Waals surface area (Å²) in [5.41, 5.74) is 1.07. The van der Waals surface area contributed by atoms with E-state index in [9.17, 15) is 22.8 Å². The molecule has 0 fully saturated rings. The summed E-state index contributed by atoms with van der Waals surface area (Å²) in [6.07, 6.45) is -5.00. The molecule has 2 aromatic carbocycles. The van der Waals surface area contributed by atoms with Crippen LogP contribution in [0.5, 0.6) is 0 Å². The van der Waals surface area contributed by atoms with E-state index in [1.165, 1.54) is 18.2 Å². The maximum absolute atomic E-state index is 13.8. The molecule has 2 atom stereocenters. The Labute approximate surface area is 177 Å². The number of alkyl halides is 3. The SMILES string of the molecule is CC[C@@H](NCC(=O)N1c2ccccc2NC(=O)C[C@H]1C(F)(F)F)c1ccc(Cl)cc1. The minimum atomic E-state index is -4.76. The quantitative estimate of drug-likeness (QED) is 0.710. The Hall–Kier alpha value is -2.58. The molecule has 1 aliphatic heterocycles. The first kappa shape index (κ1) is 22.1. The minimum absolute atomic E-state index is 0.0250. The zero-order valence-electron chi connectivity index (χ0n) is 16.2. The van der Waals surface area contributed by atoms with Crippen LogP contribution in [0.4, 0.5) is 24.5 Å². The number of nitrogens with zero attached hydrogens (tertiary/aromatic N) is 1. The second-order valence-electron chi connectivity index (χ2n) is 6.98. The van der Waals surface area contributed by atoms with Crippen LogP contribution in [-0.2, 0) is 9.59 Å². The first-order valence-electron chi connectivity index (χ1n) is 9.47. The van der Waals surface area contributed by atoms with Crippen LogP contribution in [0.2, 0.25) is 5.02 Å². The van der Waals surface area contributed by atoms with Gasteiger partial charge in [0.25, 0.3) is 0 Å². The van der Waals surface area contributed by atoms with E-state index >= 15 is 0 Å². The van der Waals surface area contributed by atoms with Crippen LogP contribution >= 0.6 is 11.6 Å². The van der Waals surface area contributed by atoms with Crippen molar-refractivity contribution in [2.45, 2.75) is 38.0 Å². The van der Waals surface area contributed by atoms with Crippen molar-refractivity contribution < 1.29 is 22.8 Å². The van der Waals surface area contributed by atoms with Crippen molar-refractivity contribution in [3.63, 3.8) is 0 Å². The molecule has 160 valence electrons. The number of amides is 2. The van der Waals surface area contributed by atoms with Gasteiger partial charge in [0.2, 0.25) is 11.8 Å². The summed E-state index contributed by atoms with van der Waals surface area (Å²) >= 11 is 5.90. The summed E-state index contributed by atoms with van der Waals surface area (Å²) in [6.45, 7) is 1.58. The number of hydrogen-bond acceptors (Lipinski definition) is 3. The van der Waals surface area contributed by atoms with E-state index < -0.39 is 30.5 Å². The predicted molar refractivity (Wildman–Crippen MR) is 110 cm³/mol. The zero-order valence-corrected chi connectivity index (χ0v) is 16.9. The number of halogens is 4. The first-order valence-corrected chi connectivity index (χ1v) is 9.85. The lowest BCUT2D eigenvalue weighted by molar-refractivity contribution is -0.157. The van der Waals surface area contributed by atoms with Gasteiger partial charge in [0.05, 0.1) is 24.3 Å². The molecule has 1 aliphatic rings. The molecule has 0 radical (unpaired) electrons. The molecule has 0 aromatic heterocycles. The number of fused-ring (bicyclic) bond motifs is 1. The summed E-state index contributed by atoms with van der Waals surface area (Å²) in [5.74, 6) is -1.56. The highest BCUT2D eigenvalue weighted by molar-refractivity contribution is 6.30. The Balaban J connectivity index is 1.87. The standard InChI is InChI=1S/C21H21ClF3N3O2/c1-2-15(13-7-9-14(22)10-8-13)26-12-20(30)28-17-6-4-3-5-16(17)27-19(29)11-18(28)21(23,24)25/h3-10,15,18,26H,2,11-12H2,1H3,(H,27,29)/t15-,18+/m1/s1. The average molecular weight is 440 g/mol. The number of para-hydroxylation sites is 2. The van der Waals surface area contributed by atoms with Crippen LogP contribution in [0.3, 0.4) is 0 Å². The van der Waals surface area contributed by atoms with Gasteiger partial charge >= 0.3 is 6.18 Å². The van der Waals surface area contributed by atoms with E-state index in [2.05, 4.69) is 10.6 Å². The summed E-state index contributed by atoms with van der Waals surface area (Å²) in [7, 11) is 0. The summed E-state index contributed by atoms with van der Waals surface area (Å²) < 4.78 is 41.3. The lowest BCUT2D eigenvalue weighted by Gasteiger charge is -2.32. The van der Waals surface area contributed by atoms with Gasteiger partial charge in [0, 0.05) is 11.1 Å². The molecular weight excluding hydrogens is 419 g/mol. The van der Waals surface area contributed by atoms with Gasteiger partial charge in [-0.15, -0.1) is 0 Å². The molecule has 0 saturated carbocycles. The van der Waals surface area contributed by atoms with Crippen LogP contribution in [-0.4, -0.2) is 30.6 Å². The van der Waals surface area contributed by atoms with Crippen molar-refractivity contribution in [3.8, 4) is 0 Å². The second-order valence-corrected chi connectivity index (χ2v) is 7.42. The third kappa shape index (κ3) is 4.94. The van der Waals surface area contributed by atoms with Crippen molar-refractivity contribution >= 4 is 34.8 Å². The predicted octanol–water partition coefficient (Wildman–Crippen LogP) is 4.69. The minimum Gasteiger partial charge on any atom is -0.324 e. The Morgan fingerprint density at radius 2 is 1.90 bits per heavy atom. The van der Waals surface area contributed by atoms with Crippen LogP contribution in [0.25, 0.3) is 0 Å². The maximum Gasteiger partial charge on any atom is 0.409 e. The van der Waals surface area contributed by atoms with Gasteiger partial charge in [0.1, 0.15) is 6.04 Å². The van der Waals surface area contributed by atoms with Gasteiger partial charge in [-0.2, -0.15) is 13.2 Å². The molecule has 0 unspecified atom stereocenters. The van der Waals surface area contributed by atoms with Crippen LogP contribution in [0.1, 0.15) is 31.4 Å². The Kier molecular flexibility index (Phi) is 6.67. The van der Waals surface area contributed by atoms with Crippen LogP contribution in [0.15, 0.2) is 48.5 Å². The molecule has 2 amide bonds. The zero-order chi connectivity index (χ0) is 21.9. The third-order valence-electron chi connectivity index (χ3n) is 4.95. The summed E-state index contributed by atoms with van der Waals surface area (Å²) in [5, 5.41) is 6.05. The molecule has 0 spiro atoms. The van der Waals surface area contributed by atoms with E-state index in [0.29, 0.717) is 16.3 Å². The second kappa shape index (κ2) is 9.06. The molecule has 0 bridgehead atoms. The fraction of sp³-hybridized carbons (Fsp3) is 0.333. The molecule has 0 saturated heterocycles. The molecule has 0 aliphatic carbocycles. The van der Waals surface area contributed by atoms with E-state index in [1.807, 2.05) is 6.92 Å². The number of benzene rings is 2. The number of carbonyl (C=O) groups excluding carboxylic acids is 2. The highest BCUT2D eigenvalue weighted by atomic mass is 35.5. The lowest BCUT2D eigenvalue weighted by Crippen LogP contribution is -2.52. The number of rotatable bonds is 5. The van der Waals surface area contributed by atoms with Crippen molar-refractivity contribution in [1.82, 2.24) is 5.32 Å². The Bertz CT molecular complexity index is 918. The molecule has 1 heterocycles. The molecule has 3 rings (SSSR count). The van der Waals surface area contributed by atoms with Crippen LogP contribution < -0.4 is 15.5 Å². The van der Waals surface area contributed by atoms with Gasteiger partial charge in [-0.3, -0.25) is 14.5 Å². The largest absolute Gasteiger partial charge is 0.409 e. The van der Waals surface area contributed by atoms with Crippen LogP contribution in [0, 0.1) is 0 Å². The third-order valence-corrected chi connectivity index (χ3v) is 5.21. The van der Waals surface area contributed by atoms with Crippen molar-refractivity contribution in [1.29, 1.82) is 0 Å². The normalized spacial score (nSPS) is 17.7. The fourth-order valence-corrected chi connectivity index (χ4v) is 3.61. The lowest BCUT2D eigenvalue weighted by atomic mass is 10.0. The number of hydrogen-bond donors (Lipinski definition) is 2. The molecular formula is C21H21ClF3N3O2. The highest BCUT2D eigenvalue weighted by Crippen LogP contribution is 2.37. The topological polar surface area (TPSA) is 61.4 Å². The summed E-state index contributed by atoms with van der Waals surface area (Å²) in [6, 6.07) is 10.5. The van der Waals surface area contributed by atoms with Crippen molar-refractivity contribution in [2.24, 2.45) is 0 Å². The Morgan fingerprint density at radius 3 is 2.53 bits per heavy atom. The van der Waals surface area contributed by atoms with Gasteiger partial charge in [-0.05, 0) is 36.2 Å². The van der Waals surface area contributed by atoms with Gasteiger partial charge in [-0.25, -0.2) is 0 Å². The smallest absolute Gasteiger partial charge is 0.324 e. The van der Waals surface area contributed by atoms with Gasteiger partial charge < -0.3 is 10.6 Å². The van der Waals surface area contributed by atoms with Gasteiger partial charge in [-0.1, -0.05) is 42.8 Å². The maximum atomic E-state index is 13.8. The number of anilines is 2. The van der Waals surface area contributed by atoms with Gasteiger partial charge in [0.15, 0.2) is 0 Å². The van der Waals surface area contributed by atoms with E-state index in [1.54, 1.807) is 30.3 Å². The fourth-order valence-electron chi connectivity index (χ4n) is 3.48. The monoisotopic (exact) mass is 439 g/mol. The van der Waals surface area contributed by atoms with Crippen molar-refractivity contribution in [2.75, 3.05) is 16.8 Å². The Morgan fingerprint density at radius 1 is 1.23 bits per heavy atom. The number of carbonyl (C=O) groups is 2. The highest BCUT2D eigenvalue weighted by Gasteiger charge is 2.48. The molecule has 5 nitrogen and oxygen atoms in total. The molecule has 2 aromatic rings. The summed E-state index contributed by atoms with van der Waals surface area (Å²) in [4.78, 5) is 25.7.